The first kappa shape index (κ1) is 23.4. The van der Waals surface area contributed by atoms with Crippen molar-refractivity contribution in [2.45, 2.75) is 70.1 Å². The third-order valence-corrected chi connectivity index (χ3v) is 4.37. The number of hydrogen-bond donors (Lipinski definition) is 0. The molecule has 0 N–H and O–H groups in total. The summed E-state index contributed by atoms with van der Waals surface area (Å²) in [7, 11) is 0. The average Bonchev–Trinajstić information content (AvgIpc) is 2.54. The fraction of sp³-hybridized carbons (Fsp3) is 0.579. The topological polar surface area (TPSA) is 80.3 Å². The molecule has 1 rings (SSSR count). The number of aliphatic carboxylic acids is 2. The molecule has 5 heteroatoms. The standard InChI is InChI=1S/C19H28O4.Ca/c1-2-3-4-5-6-7-8-12-15-19(17(20)21,18(22)23)16-13-10-9-11-14-16;/h9-11,13-14H,2-8,12,15H2,1H3,(H,20,21)(H,22,23);/q;+2/p-2. The third kappa shape index (κ3) is 6.73. The molecular formula is C19H26CaO4. The van der Waals surface area contributed by atoms with E-state index in [0.717, 1.165) is 19.3 Å². The molecule has 1 aromatic carbocycles. The minimum atomic E-state index is -2.05. The van der Waals surface area contributed by atoms with Crippen molar-refractivity contribution in [3.8, 4) is 0 Å². The molecule has 0 saturated heterocycles. The molecule has 0 unspecified atom stereocenters. The average molecular weight is 358 g/mol. The van der Waals surface area contributed by atoms with Gasteiger partial charge in [-0.3, -0.25) is 0 Å². The Morgan fingerprint density at radius 2 is 1.29 bits per heavy atom. The van der Waals surface area contributed by atoms with Crippen molar-refractivity contribution in [1.29, 1.82) is 0 Å². The first-order chi connectivity index (χ1) is 11.1. The van der Waals surface area contributed by atoms with Gasteiger partial charge in [-0.05, 0) is 12.0 Å². The van der Waals surface area contributed by atoms with Crippen molar-refractivity contribution in [2.24, 2.45) is 0 Å². The zero-order valence-electron chi connectivity index (χ0n) is 14.6. The summed E-state index contributed by atoms with van der Waals surface area (Å²) in [5.74, 6) is -3.18. The normalized spacial score (nSPS) is 10.9. The summed E-state index contributed by atoms with van der Waals surface area (Å²) >= 11 is 0. The number of hydrogen-bond acceptors (Lipinski definition) is 4. The summed E-state index contributed by atoms with van der Waals surface area (Å²) in [6.45, 7) is 2.17. The monoisotopic (exact) mass is 358 g/mol. The van der Waals surface area contributed by atoms with Crippen LogP contribution in [0.1, 0.15) is 70.3 Å². The van der Waals surface area contributed by atoms with Crippen LogP contribution < -0.4 is 10.2 Å². The number of carbonyl (C=O) groups is 2. The van der Waals surface area contributed by atoms with E-state index >= 15 is 0 Å². The van der Waals surface area contributed by atoms with E-state index in [1.807, 2.05) is 0 Å². The van der Waals surface area contributed by atoms with E-state index in [1.165, 1.54) is 37.8 Å². The number of rotatable bonds is 12. The van der Waals surface area contributed by atoms with E-state index < -0.39 is 17.4 Å². The molecule has 0 aliphatic rings. The second-order valence-electron chi connectivity index (χ2n) is 6.07. The van der Waals surface area contributed by atoms with Crippen LogP contribution in [0.25, 0.3) is 0 Å². The maximum Gasteiger partial charge on any atom is 2.00 e. The van der Waals surface area contributed by atoms with Crippen LogP contribution >= 0.6 is 0 Å². The number of benzene rings is 1. The Morgan fingerprint density at radius 3 is 1.75 bits per heavy atom. The molecule has 1 aromatic rings. The Labute approximate surface area is 174 Å². The van der Waals surface area contributed by atoms with Crippen molar-refractivity contribution in [3.05, 3.63) is 35.9 Å². The van der Waals surface area contributed by atoms with E-state index in [0.29, 0.717) is 6.42 Å². The SMILES string of the molecule is CCCCCCCCCCC(C(=O)[O-])(C(=O)[O-])c1ccccc1.[Ca+2]. The van der Waals surface area contributed by atoms with Gasteiger partial charge in [0, 0.05) is 0 Å². The number of unbranched alkanes of at least 4 members (excludes halogenated alkanes) is 7. The molecule has 0 heterocycles. The molecule has 0 aromatic heterocycles. The van der Waals surface area contributed by atoms with Crippen LogP contribution in [0.3, 0.4) is 0 Å². The summed E-state index contributed by atoms with van der Waals surface area (Å²) in [6, 6.07) is 8.00. The Bertz CT molecular complexity index is 473. The zero-order chi connectivity index (χ0) is 17.1. The van der Waals surface area contributed by atoms with Crippen LogP contribution in [0, 0.1) is 0 Å². The van der Waals surface area contributed by atoms with Gasteiger partial charge in [0.1, 0.15) is 0 Å². The van der Waals surface area contributed by atoms with Crippen molar-refractivity contribution in [3.63, 3.8) is 0 Å². The third-order valence-electron chi connectivity index (χ3n) is 4.37. The molecule has 0 aliphatic carbocycles. The van der Waals surface area contributed by atoms with Crippen LogP contribution in [0.15, 0.2) is 30.3 Å². The molecule has 0 saturated carbocycles. The summed E-state index contributed by atoms with van der Waals surface area (Å²) in [6.07, 6.45) is 8.32. The smallest absolute Gasteiger partial charge is 0.549 e. The Balaban J connectivity index is 0.00000529. The second kappa shape index (κ2) is 12.7. The molecule has 0 fully saturated rings. The fourth-order valence-electron chi connectivity index (χ4n) is 2.91. The first-order valence-electron chi connectivity index (χ1n) is 8.54. The summed E-state index contributed by atoms with van der Waals surface area (Å²) in [4.78, 5) is 23.1. The number of carboxylic acids is 2. The molecule has 4 nitrogen and oxygen atoms in total. The van der Waals surface area contributed by atoms with Gasteiger partial charge >= 0.3 is 37.7 Å². The van der Waals surface area contributed by atoms with Crippen molar-refractivity contribution >= 4 is 49.7 Å². The van der Waals surface area contributed by atoms with Gasteiger partial charge in [-0.2, -0.15) is 0 Å². The van der Waals surface area contributed by atoms with Gasteiger partial charge in [-0.15, -0.1) is 0 Å². The maximum absolute atomic E-state index is 11.6. The van der Waals surface area contributed by atoms with Gasteiger partial charge < -0.3 is 19.8 Å². The summed E-state index contributed by atoms with van der Waals surface area (Å²) in [5.41, 5.74) is -1.83. The molecule has 24 heavy (non-hydrogen) atoms. The number of carboxylic acid groups (broad SMARTS) is 2. The van der Waals surface area contributed by atoms with E-state index in [1.54, 1.807) is 18.2 Å². The molecule has 0 radical (unpaired) electrons. The Morgan fingerprint density at radius 1 is 0.833 bits per heavy atom. The first-order valence-corrected chi connectivity index (χ1v) is 8.54. The molecule has 0 aliphatic heterocycles. The Hall–Kier alpha value is -0.580. The predicted octanol–water partition coefficient (Wildman–Crippen LogP) is 1.57. The van der Waals surface area contributed by atoms with Crippen molar-refractivity contribution in [2.75, 3.05) is 0 Å². The van der Waals surface area contributed by atoms with Crippen LogP contribution in [0.5, 0.6) is 0 Å². The van der Waals surface area contributed by atoms with E-state index in [4.69, 9.17) is 0 Å². The zero-order valence-corrected chi connectivity index (χ0v) is 16.8. The molecule has 0 spiro atoms. The van der Waals surface area contributed by atoms with Gasteiger partial charge in [0.2, 0.25) is 0 Å². The summed E-state index contributed by atoms with van der Waals surface area (Å²) < 4.78 is 0. The van der Waals surface area contributed by atoms with E-state index in [2.05, 4.69) is 6.92 Å². The minimum Gasteiger partial charge on any atom is -0.549 e. The number of carbonyl (C=O) groups excluding carboxylic acids is 2. The van der Waals surface area contributed by atoms with E-state index in [9.17, 15) is 19.8 Å². The molecular weight excluding hydrogens is 332 g/mol. The van der Waals surface area contributed by atoms with Crippen LogP contribution in [-0.4, -0.2) is 49.7 Å². The van der Waals surface area contributed by atoms with Gasteiger partial charge in [0.25, 0.3) is 0 Å². The minimum absolute atomic E-state index is 0. The van der Waals surface area contributed by atoms with Gasteiger partial charge in [-0.1, -0.05) is 88.6 Å². The van der Waals surface area contributed by atoms with Crippen molar-refractivity contribution < 1.29 is 19.8 Å². The van der Waals surface area contributed by atoms with Gasteiger partial charge in [0.15, 0.2) is 0 Å². The van der Waals surface area contributed by atoms with Crippen LogP contribution in [0.2, 0.25) is 0 Å². The van der Waals surface area contributed by atoms with Gasteiger partial charge in [0.05, 0.1) is 17.4 Å². The van der Waals surface area contributed by atoms with Crippen molar-refractivity contribution in [1.82, 2.24) is 0 Å². The quantitative estimate of drug-likeness (QED) is 0.323. The molecule has 0 amide bonds. The van der Waals surface area contributed by atoms with E-state index in [-0.39, 0.29) is 49.7 Å². The second-order valence-corrected chi connectivity index (χ2v) is 6.07. The Kier molecular flexibility index (Phi) is 12.4. The predicted molar refractivity (Wildman–Crippen MR) is 91.1 cm³/mol. The molecule has 0 atom stereocenters. The summed E-state index contributed by atoms with van der Waals surface area (Å²) in [5, 5.41) is 23.1. The van der Waals surface area contributed by atoms with Crippen LogP contribution in [-0.2, 0) is 15.0 Å². The largest absolute Gasteiger partial charge is 2.00 e. The maximum atomic E-state index is 11.6. The molecule has 0 bridgehead atoms. The van der Waals surface area contributed by atoms with Gasteiger partial charge in [-0.25, -0.2) is 0 Å². The van der Waals surface area contributed by atoms with Crippen LogP contribution in [0.4, 0.5) is 0 Å². The fourth-order valence-corrected chi connectivity index (χ4v) is 2.91. The molecule has 128 valence electrons.